The number of nitrogens with one attached hydrogen (secondary N) is 1. The van der Waals surface area contributed by atoms with Crippen molar-refractivity contribution in [3.8, 4) is 0 Å². The first-order chi connectivity index (χ1) is 23.1. The number of amides is 1. The quantitative estimate of drug-likeness (QED) is 0.0393. The first-order valence-corrected chi connectivity index (χ1v) is 20.6. The Kier molecular flexibility index (Phi) is 36.7. The number of aliphatic hydroxyl groups excluding tert-OH is 3. The molecule has 0 heterocycles. The summed E-state index contributed by atoms with van der Waals surface area (Å²) in [5.41, 5.74) is 0. The molecule has 5 nitrogen and oxygen atoms in total. The zero-order chi connectivity index (χ0) is 34.5. The van der Waals surface area contributed by atoms with Gasteiger partial charge < -0.3 is 20.6 Å². The SMILES string of the molecule is CC/C=C/CC/C=C/CCCC(O)C(O)C(CO)NC(=O)CCCCCCCCCCCCCCCCCCCCCCCCCC. The monoisotopic (exact) mass is 664 g/mol. The summed E-state index contributed by atoms with van der Waals surface area (Å²) in [4.78, 5) is 12.4. The molecule has 278 valence electrons. The van der Waals surface area contributed by atoms with Crippen LogP contribution in [0.3, 0.4) is 0 Å². The van der Waals surface area contributed by atoms with Crippen LogP contribution in [0.5, 0.6) is 0 Å². The summed E-state index contributed by atoms with van der Waals surface area (Å²) < 4.78 is 0. The van der Waals surface area contributed by atoms with Crippen molar-refractivity contribution >= 4 is 5.91 Å². The zero-order valence-corrected chi connectivity index (χ0v) is 31.4. The predicted molar refractivity (Wildman–Crippen MR) is 204 cm³/mol. The average molecular weight is 664 g/mol. The second-order valence-electron chi connectivity index (χ2n) is 14.2. The van der Waals surface area contributed by atoms with Crippen molar-refractivity contribution in [1.29, 1.82) is 0 Å². The fraction of sp³-hybridized carbons (Fsp3) is 0.881. The van der Waals surface area contributed by atoms with Crippen LogP contribution >= 0.6 is 0 Å². The molecular formula is C42H81NO4. The fourth-order valence-corrected chi connectivity index (χ4v) is 6.36. The number of rotatable bonds is 37. The molecule has 0 bridgehead atoms. The first-order valence-electron chi connectivity index (χ1n) is 20.6. The van der Waals surface area contributed by atoms with Gasteiger partial charge in [0.05, 0.1) is 18.8 Å². The summed E-state index contributed by atoms with van der Waals surface area (Å²) in [5.74, 6) is -0.158. The Bertz CT molecular complexity index is 694. The van der Waals surface area contributed by atoms with Crippen molar-refractivity contribution in [2.45, 2.75) is 231 Å². The molecule has 0 radical (unpaired) electrons. The summed E-state index contributed by atoms with van der Waals surface area (Å²) in [7, 11) is 0. The van der Waals surface area contributed by atoms with E-state index in [2.05, 4.69) is 43.5 Å². The van der Waals surface area contributed by atoms with Crippen molar-refractivity contribution in [2.75, 3.05) is 6.61 Å². The van der Waals surface area contributed by atoms with Crippen LogP contribution in [0.25, 0.3) is 0 Å². The zero-order valence-electron chi connectivity index (χ0n) is 31.4. The predicted octanol–water partition coefficient (Wildman–Crippen LogP) is 11.4. The van der Waals surface area contributed by atoms with Crippen molar-refractivity contribution < 1.29 is 20.1 Å². The van der Waals surface area contributed by atoms with Gasteiger partial charge in [-0.2, -0.15) is 0 Å². The van der Waals surface area contributed by atoms with Crippen molar-refractivity contribution in [3.63, 3.8) is 0 Å². The van der Waals surface area contributed by atoms with Crippen LogP contribution in [-0.4, -0.2) is 46.1 Å². The van der Waals surface area contributed by atoms with Gasteiger partial charge in [0.25, 0.3) is 0 Å². The van der Waals surface area contributed by atoms with Gasteiger partial charge in [-0.25, -0.2) is 0 Å². The lowest BCUT2D eigenvalue weighted by Gasteiger charge is -2.26. The summed E-state index contributed by atoms with van der Waals surface area (Å²) in [6.07, 6.45) is 44.5. The highest BCUT2D eigenvalue weighted by molar-refractivity contribution is 5.76. The highest BCUT2D eigenvalue weighted by Crippen LogP contribution is 2.16. The fourth-order valence-electron chi connectivity index (χ4n) is 6.36. The third-order valence-electron chi connectivity index (χ3n) is 9.55. The van der Waals surface area contributed by atoms with E-state index in [1.165, 1.54) is 135 Å². The molecule has 47 heavy (non-hydrogen) atoms. The van der Waals surface area contributed by atoms with Gasteiger partial charge in [0.1, 0.15) is 6.10 Å². The topological polar surface area (TPSA) is 89.8 Å². The van der Waals surface area contributed by atoms with Gasteiger partial charge in [0.15, 0.2) is 0 Å². The second-order valence-corrected chi connectivity index (χ2v) is 14.2. The number of hydrogen-bond donors (Lipinski definition) is 4. The van der Waals surface area contributed by atoms with Gasteiger partial charge in [-0.3, -0.25) is 4.79 Å². The van der Waals surface area contributed by atoms with Gasteiger partial charge in [-0.1, -0.05) is 186 Å². The maximum atomic E-state index is 12.4. The van der Waals surface area contributed by atoms with Crippen molar-refractivity contribution in [3.05, 3.63) is 24.3 Å². The maximum Gasteiger partial charge on any atom is 0.220 e. The van der Waals surface area contributed by atoms with Crippen LogP contribution < -0.4 is 5.32 Å². The Balaban J connectivity index is 3.54. The Hall–Kier alpha value is -1.17. The van der Waals surface area contributed by atoms with Gasteiger partial charge in [0.2, 0.25) is 5.91 Å². The van der Waals surface area contributed by atoms with E-state index in [-0.39, 0.29) is 12.5 Å². The molecule has 3 atom stereocenters. The summed E-state index contributed by atoms with van der Waals surface area (Å²) in [6, 6.07) is -0.826. The molecule has 0 aromatic rings. The molecule has 5 heteroatoms. The van der Waals surface area contributed by atoms with Gasteiger partial charge >= 0.3 is 0 Å². The second kappa shape index (κ2) is 37.6. The van der Waals surface area contributed by atoms with E-state index < -0.39 is 18.2 Å². The Morgan fingerprint density at radius 1 is 0.532 bits per heavy atom. The van der Waals surface area contributed by atoms with E-state index in [9.17, 15) is 20.1 Å². The Morgan fingerprint density at radius 2 is 0.915 bits per heavy atom. The molecule has 0 aliphatic heterocycles. The highest BCUT2D eigenvalue weighted by atomic mass is 16.3. The average Bonchev–Trinajstić information content (AvgIpc) is 3.07. The molecule has 0 fully saturated rings. The van der Waals surface area contributed by atoms with Crippen molar-refractivity contribution in [2.24, 2.45) is 0 Å². The van der Waals surface area contributed by atoms with E-state index in [4.69, 9.17) is 0 Å². The molecule has 0 rings (SSSR count). The molecular weight excluding hydrogens is 582 g/mol. The van der Waals surface area contributed by atoms with Crippen LogP contribution in [0.2, 0.25) is 0 Å². The highest BCUT2D eigenvalue weighted by Gasteiger charge is 2.26. The summed E-state index contributed by atoms with van der Waals surface area (Å²) in [6.45, 7) is 4.04. The third kappa shape index (κ3) is 33.1. The minimum Gasteiger partial charge on any atom is -0.394 e. The Labute approximate surface area is 292 Å². The minimum atomic E-state index is -1.16. The number of hydrogen-bond acceptors (Lipinski definition) is 4. The van der Waals surface area contributed by atoms with Crippen LogP contribution in [0.15, 0.2) is 24.3 Å². The molecule has 0 saturated heterocycles. The van der Waals surface area contributed by atoms with Crippen molar-refractivity contribution in [1.82, 2.24) is 5.32 Å². The van der Waals surface area contributed by atoms with E-state index in [0.29, 0.717) is 12.8 Å². The standard InChI is InChI=1S/C42H81NO4/c1-3-5-7-9-11-13-14-15-16-17-18-19-20-21-22-23-24-25-26-27-29-31-33-35-37-41(46)43-39(38-44)42(47)40(45)36-34-32-30-28-12-10-8-6-4-2/h6,8,28,30,39-40,42,44-45,47H,3-5,7,9-27,29,31-38H2,1-2H3,(H,43,46)/b8-6+,30-28+. The molecule has 3 unspecified atom stereocenters. The van der Waals surface area contributed by atoms with E-state index in [0.717, 1.165) is 51.4 Å². The van der Waals surface area contributed by atoms with Crippen LogP contribution in [0, 0.1) is 0 Å². The normalized spacial score (nSPS) is 13.9. The van der Waals surface area contributed by atoms with Crippen LogP contribution in [-0.2, 0) is 4.79 Å². The minimum absolute atomic E-state index is 0.158. The molecule has 0 spiro atoms. The molecule has 0 saturated carbocycles. The van der Waals surface area contributed by atoms with Gasteiger partial charge in [0, 0.05) is 6.42 Å². The lowest BCUT2D eigenvalue weighted by atomic mass is 10.0. The first kappa shape index (κ1) is 45.8. The lowest BCUT2D eigenvalue weighted by Crippen LogP contribution is -2.50. The lowest BCUT2D eigenvalue weighted by molar-refractivity contribution is -0.124. The van der Waals surface area contributed by atoms with Gasteiger partial charge in [-0.15, -0.1) is 0 Å². The molecule has 4 N–H and O–H groups in total. The van der Waals surface area contributed by atoms with Crippen LogP contribution in [0.4, 0.5) is 0 Å². The summed E-state index contributed by atoms with van der Waals surface area (Å²) >= 11 is 0. The number of unbranched alkanes of at least 4 members (excludes halogenated alkanes) is 25. The molecule has 0 aromatic carbocycles. The molecule has 0 aromatic heterocycles. The van der Waals surface area contributed by atoms with Gasteiger partial charge in [-0.05, 0) is 44.9 Å². The van der Waals surface area contributed by atoms with E-state index in [1.807, 2.05) is 0 Å². The largest absolute Gasteiger partial charge is 0.394 e. The molecule has 1 amide bonds. The van der Waals surface area contributed by atoms with E-state index in [1.54, 1.807) is 0 Å². The third-order valence-corrected chi connectivity index (χ3v) is 9.55. The number of allylic oxidation sites excluding steroid dienone is 4. The Morgan fingerprint density at radius 3 is 1.32 bits per heavy atom. The smallest absolute Gasteiger partial charge is 0.220 e. The molecule has 0 aliphatic rings. The number of carbonyl (C=O) groups is 1. The van der Waals surface area contributed by atoms with E-state index >= 15 is 0 Å². The number of aliphatic hydroxyl groups is 3. The maximum absolute atomic E-state index is 12.4. The number of carbonyl (C=O) groups excluding carboxylic acids is 1. The molecule has 0 aliphatic carbocycles. The summed E-state index contributed by atoms with van der Waals surface area (Å²) in [5, 5.41) is 33.2. The van der Waals surface area contributed by atoms with Crippen LogP contribution in [0.1, 0.15) is 213 Å².